The standard InChI is InChI=1S/C18H18ClNOS2/c19-15-5-2-1-4-14(15)7-8-18(21)20-10-9-17(23-13-11-20)16-6-3-12-22-16/h1-8,12,17H,9-11,13H2/b8-7+. The van der Waals surface area contributed by atoms with Gasteiger partial charge in [-0.1, -0.05) is 35.9 Å². The lowest BCUT2D eigenvalue weighted by atomic mass is 10.2. The van der Waals surface area contributed by atoms with Crippen LogP contribution in [0.5, 0.6) is 0 Å². The van der Waals surface area contributed by atoms with Crippen LogP contribution in [0.2, 0.25) is 5.02 Å². The van der Waals surface area contributed by atoms with Gasteiger partial charge in [-0.3, -0.25) is 4.79 Å². The Morgan fingerprint density at radius 3 is 2.87 bits per heavy atom. The second-order valence-electron chi connectivity index (χ2n) is 5.34. The lowest BCUT2D eigenvalue weighted by Crippen LogP contribution is -2.31. The third kappa shape index (κ3) is 4.40. The van der Waals surface area contributed by atoms with Crippen LogP contribution in [0.4, 0.5) is 0 Å². The van der Waals surface area contributed by atoms with Gasteiger partial charge in [-0.15, -0.1) is 11.3 Å². The smallest absolute Gasteiger partial charge is 0.246 e. The highest BCUT2D eigenvalue weighted by molar-refractivity contribution is 7.99. The first-order chi connectivity index (χ1) is 11.2. The summed E-state index contributed by atoms with van der Waals surface area (Å²) in [6.07, 6.45) is 4.45. The summed E-state index contributed by atoms with van der Waals surface area (Å²) in [6, 6.07) is 11.8. The molecule has 1 aliphatic rings. The maximum absolute atomic E-state index is 12.4. The Kier molecular flexibility index (Phi) is 5.81. The fourth-order valence-electron chi connectivity index (χ4n) is 2.57. The molecule has 3 rings (SSSR count). The molecule has 1 aromatic carbocycles. The van der Waals surface area contributed by atoms with Crippen molar-refractivity contribution in [1.29, 1.82) is 0 Å². The number of thioether (sulfide) groups is 1. The molecule has 0 bridgehead atoms. The third-order valence-corrected chi connectivity index (χ3v) is 6.61. The third-order valence-electron chi connectivity index (χ3n) is 3.82. The molecular weight excluding hydrogens is 346 g/mol. The van der Waals surface area contributed by atoms with Gasteiger partial charge in [0.05, 0.1) is 0 Å². The van der Waals surface area contributed by atoms with E-state index < -0.39 is 0 Å². The van der Waals surface area contributed by atoms with Gasteiger partial charge in [0.25, 0.3) is 0 Å². The van der Waals surface area contributed by atoms with E-state index in [4.69, 9.17) is 11.6 Å². The van der Waals surface area contributed by atoms with Crippen LogP contribution in [-0.4, -0.2) is 29.6 Å². The largest absolute Gasteiger partial charge is 0.338 e. The Hall–Kier alpha value is -1.23. The highest BCUT2D eigenvalue weighted by Crippen LogP contribution is 2.36. The van der Waals surface area contributed by atoms with Gasteiger partial charge in [0.15, 0.2) is 0 Å². The predicted molar refractivity (Wildman–Crippen MR) is 101 cm³/mol. The van der Waals surface area contributed by atoms with Crippen LogP contribution in [0.15, 0.2) is 47.9 Å². The summed E-state index contributed by atoms with van der Waals surface area (Å²) in [4.78, 5) is 15.8. The maximum Gasteiger partial charge on any atom is 0.246 e. The normalized spacial score (nSPS) is 19.0. The highest BCUT2D eigenvalue weighted by atomic mass is 35.5. The van der Waals surface area contributed by atoms with Crippen molar-refractivity contribution in [1.82, 2.24) is 4.90 Å². The molecule has 0 aliphatic carbocycles. The molecule has 0 saturated carbocycles. The van der Waals surface area contributed by atoms with Crippen LogP contribution in [0.1, 0.15) is 22.1 Å². The van der Waals surface area contributed by atoms with Crippen molar-refractivity contribution in [3.8, 4) is 0 Å². The van der Waals surface area contributed by atoms with E-state index in [2.05, 4.69) is 17.5 Å². The van der Waals surface area contributed by atoms with Crippen molar-refractivity contribution in [3.63, 3.8) is 0 Å². The van der Waals surface area contributed by atoms with E-state index in [0.29, 0.717) is 10.3 Å². The summed E-state index contributed by atoms with van der Waals surface area (Å²) < 4.78 is 0. The van der Waals surface area contributed by atoms with Crippen molar-refractivity contribution >= 4 is 46.7 Å². The topological polar surface area (TPSA) is 20.3 Å². The molecule has 0 N–H and O–H groups in total. The van der Waals surface area contributed by atoms with Crippen LogP contribution < -0.4 is 0 Å². The lowest BCUT2D eigenvalue weighted by molar-refractivity contribution is -0.125. The minimum absolute atomic E-state index is 0.0670. The highest BCUT2D eigenvalue weighted by Gasteiger charge is 2.21. The number of rotatable bonds is 3. The number of carbonyl (C=O) groups is 1. The number of halogens is 1. The quantitative estimate of drug-likeness (QED) is 0.705. The van der Waals surface area contributed by atoms with E-state index in [9.17, 15) is 4.79 Å². The van der Waals surface area contributed by atoms with E-state index >= 15 is 0 Å². The van der Waals surface area contributed by atoms with Gasteiger partial charge in [0, 0.05) is 40.1 Å². The average molecular weight is 364 g/mol. The molecule has 5 heteroatoms. The number of thiophene rings is 1. The molecule has 1 aromatic heterocycles. The molecule has 2 aromatic rings. The molecule has 1 fully saturated rings. The average Bonchev–Trinajstić information content (AvgIpc) is 2.98. The molecule has 2 nitrogen and oxygen atoms in total. The first-order valence-corrected chi connectivity index (χ1v) is 9.91. The lowest BCUT2D eigenvalue weighted by Gasteiger charge is -2.18. The van der Waals surface area contributed by atoms with Gasteiger partial charge in [0.1, 0.15) is 0 Å². The first kappa shape index (κ1) is 16.6. The van der Waals surface area contributed by atoms with Crippen LogP contribution in [0.25, 0.3) is 6.08 Å². The molecular formula is C18H18ClNOS2. The van der Waals surface area contributed by atoms with E-state index in [1.807, 2.05) is 40.9 Å². The molecule has 23 heavy (non-hydrogen) atoms. The fraction of sp³-hybridized carbons (Fsp3) is 0.278. The van der Waals surface area contributed by atoms with Crippen molar-refractivity contribution in [2.24, 2.45) is 0 Å². The summed E-state index contributed by atoms with van der Waals surface area (Å²) >= 11 is 9.87. The van der Waals surface area contributed by atoms with Gasteiger partial charge in [0.2, 0.25) is 5.91 Å². The van der Waals surface area contributed by atoms with E-state index in [1.54, 1.807) is 23.5 Å². The number of carbonyl (C=O) groups excluding carboxylic acids is 1. The molecule has 1 unspecified atom stereocenters. The van der Waals surface area contributed by atoms with Gasteiger partial charge >= 0.3 is 0 Å². The minimum Gasteiger partial charge on any atom is -0.338 e. The minimum atomic E-state index is 0.0670. The van der Waals surface area contributed by atoms with Crippen molar-refractivity contribution in [2.45, 2.75) is 11.7 Å². The number of benzene rings is 1. The zero-order valence-electron chi connectivity index (χ0n) is 12.7. The van der Waals surface area contributed by atoms with E-state index in [0.717, 1.165) is 30.8 Å². The second-order valence-corrected chi connectivity index (χ2v) is 8.04. The summed E-state index contributed by atoms with van der Waals surface area (Å²) in [5, 5.41) is 3.30. The van der Waals surface area contributed by atoms with Crippen molar-refractivity contribution in [2.75, 3.05) is 18.8 Å². The van der Waals surface area contributed by atoms with E-state index in [-0.39, 0.29) is 5.91 Å². The van der Waals surface area contributed by atoms with Gasteiger partial charge in [-0.25, -0.2) is 0 Å². The molecule has 1 atom stereocenters. The summed E-state index contributed by atoms with van der Waals surface area (Å²) in [6.45, 7) is 1.61. The number of hydrogen-bond donors (Lipinski definition) is 0. The summed E-state index contributed by atoms with van der Waals surface area (Å²) in [5.41, 5.74) is 0.878. The van der Waals surface area contributed by atoms with Gasteiger partial charge in [-0.05, 0) is 35.6 Å². The van der Waals surface area contributed by atoms with Crippen LogP contribution >= 0.6 is 34.7 Å². The zero-order valence-corrected chi connectivity index (χ0v) is 15.0. The van der Waals surface area contributed by atoms with Crippen LogP contribution in [-0.2, 0) is 4.79 Å². The first-order valence-electron chi connectivity index (χ1n) is 7.60. The SMILES string of the molecule is O=C(/C=C/c1ccccc1Cl)N1CCSC(c2cccs2)CC1. The Labute approximate surface area is 150 Å². The van der Waals surface area contributed by atoms with E-state index in [1.165, 1.54) is 4.88 Å². The summed E-state index contributed by atoms with van der Waals surface area (Å²) in [7, 11) is 0. The Bertz CT molecular complexity index is 684. The fourth-order valence-corrected chi connectivity index (χ4v) is 5.01. The Balaban J connectivity index is 1.61. The molecule has 1 aliphatic heterocycles. The van der Waals surface area contributed by atoms with Crippen molar-refractivity contribution in [3.05, 3.63) is 63.3 Å². The summed E-state index contributed by atoms with van der Waals surface area (Å²) in [5.74, 6) is 1.05. The number of amides is 1. The maximum atomic E-state index is 12.4. The van der Waals surface area contributed by atoms with Crippen LogP contribution in [0.3, 0.4) is 0 Å². The van der Waals surface area contributed by atoms with Gasteiger partial charge in [-0.2, -0.15) is 11.8 Å². The number of hydrogen-bond acceptors (Lipinski definition) is 3. The van der Waals surface area contributed by atoms with Gasteiger partial charge < -0.3 is 4.90 Å². The van der Waals surface area contributed by atoms with Crippen LogP contribution in [0, 0.1) is 0 Å². The predicted octanol–water partition coefficient (Wildman–Crippen LogP) is 5.12. The zero-order chi connectivity index (χ0) is 16.1. The molecule has 0 radical (unpaired) electrons. The molecule has 1 amide bonds. The molecule has 0 spiro atoms. The molecule has 2 heterocycles. The number of nitrogens with zero attached hydrogens (tertiary/aromatic N) is 1. The molecule has 1 saturated heterocycles. The second kappa shape index (κ2) is 8.04. The van der Waals surface area contributed by atoms with Crippen molar-refractivity contribution < 1.29 is 4.79 Å². The molecule has 120 valence electrons. The Morgan fingerprint density at radius 1 is 1.22 bits per heavy atom. The Morgan fingerprint density at radius 2 is 2.09 bits per heavy atom. The monoisotopic (exact) mass is 363 g/mol.